The van der Waals surface area contributed by atoms with Gasteiger partial charge in [0.25, 0.3) is 0 Å². The molecule has 0 spiro atoms. The van der Waals surface area contributed by atoms with Gasteiger partial charge < -0.3 is 33.9 Å². The summed E-state index contributed by atoms with van der Waals surface area (Å²) in [7, 11) is 2.98. The molecule has 1 saturated heterocycles. The summed E-state index contributed by atoms with van der Waals surface area (Å²) in [6.07, 6.45) is 5.02. The zero-order valence-electron chi connectivity index (χ0n) is 24.5. The number of carbonyl (C=O) groups is 2. The van der Waals surface area contributed by atoms with Crippen molar-refractivity contribution in [3.63, 3.8) is 0 Å². The summed E-state index contributed by atoms with van der Waals surface area (Å²) in [5.41, 5.74) is 0.689. The molecule has 9 nitrogen and oxygen atoms in total. The van der Waals surface area contributed by atoms with Gasteiger partial charge in [-0.2, -0.15) is 0 Å². The highest BCUT2D eigenvalue weighted by molar-refractivity contribution is 5.93. The van der Waals surface area contributed by atoms with Crippen LogP contribution in [-0.2, 0) is 20.6 Å². The minimum atomic E-state index is -1.09. The summed E-state index contributed by atoms with van der Waals surface area (Å²) in [5, 5.41) is 19.7. The number of hydrogen-bond donors (Lipinski definition) is 2. The van der Waals surface area contributed by atoms with Crippen molar-refractivity contribution in [3.05, 3.63) is 71.3 Å². The Balaban J connectivity index is 1.81. The first-order chi connectivity index (χ1) is 19.5. The van der Waals surface area contributed by atoms with Crippen LogP contribution in [0.5, 0.6) is 11.5 Å². The SMILES string of the molecule is COCOc1cc(OC)cc(CCC[C@@H]2CC(C)(C)O[C@@H]2C(/C=C\C[C@H](C)O)OC(=O)c2ccccc2)c1C(=O)O. The molecule has 224 valence electrons. The van der Waals surface area contributed by atoms with Crippen molar-refractivity contribution in [1.29, 1.82) is 0 Å². The van der Waals surface area contributed by atoms with Crippen LogP contribution in [0, 0.1) is 5.92 Å². The molecule has 2 N–H and O–H groups in total. The first-order valence-electron chi connectivity index (χ1n) is 13.9. The molecule has 4 atom stereocenters. The number of esters is 1. The molecule has 1 aliphatic heterocycles. The van der Waals surface area contributed by atoms with E-state index < -0.39 is 35.9 Å². The van der Waals surface area contributed by atoms with Gasteiger partial charge in [-0.1, -0.05) is 24.3 Å². The minimum Gasteiger partial charge on any atom is -0.497 e. The summed E-state index contributed by atoms with van der Waals surface area (Å²) in [5.74, 6) is -0.815. The zero-order chi connectivity index (χ0) is 30.0. The van der Waals surface area contributed by atoms with E-state index in [4.69, 9.17) is 23.7 Å². The van der Waals surface area contributed by atoms with Crippen LogP contribution in [0.1, 0.15) is 72.7 Å². The topological polar surface area (TPSA) is 121 Å². The number of aromatic carboxylic acids is 1. The first kappa shape index (κ1) is 32.1. The van der Waals surface area contributed by atoms with Gasteiger partial charge in [0.15, 0.2) is 6.79 Å². The highest BCUT2D eigenvalue weighted by Crippen LogP contribution is 2.40. The molecule has 1 fully saturated rings. The fourth-order valence-electron chi connectivity index (χ4n) is 5.25. The fourth-order valence-corrected chi connectivity index (χ4v) is 5.25. The Bertz CT molecular complexity index is 1170. The van der Waals surface area contributed by atoms with E-state index in [9.17, 15) is 19.8 Å². The second-order valence-electron chi connectivity index (χ2n) is 11.0. The van der Waals surface area contributed by atoms with Gasteiger partial charge in [0, 0.05) is 13.2 Å². The van der Waals surface area contributed by atoms with Crippen molar-refractivity contribution in [3.8, 4) is 11.5 Å². The average Bonchev–Trinajstić information content (AvgIpc) is 3.24. The van der Waals surface area contributed by atoms with Crippen LogP contribution in [0.4, 0.5) is 0 Å². The summed E-state index contributed by atoms with van der Waals surface area (Å²) in [6.45, 7) is 5.64. The molecule has 0 saturated carbocycles. The van der Waals surface area contributed by atoms with Crippen LogP contribution in [0.15, 0.2) is 54.6 Å². The van der Waals surface area contributed by atoms with E-state index in [-0.39, 0.29) is 24.0 Å². The number of carboxylic acid groups (broad SMARTS) is 1. The van der Waals surface area contributed by atoms with Gasteiger partial charge in [-0.05, 0) is 88.6 Å². The maximum Gasteiger partial charge on any atom is 0.339 e. The second kappa shape index (κ2) is 15.0. The maximum absolute atomic E-state index is 13.0. The molecule has 0 aliphatic carbocycles. The molecule has 0 aromatic heterocycles. The fraction of sp³-hybridized carbons (Fsp3) is 0.500. The summed E-state index contributed by atoms with van der Waals surface area (Å²) in [4.78, 5) is 25.2. The van der Waals surface area contributed by atoms with Crippen molar-refractivity contribution in [2.75, 3.05) is 21.0 Å². The van der Waals surface area contributed by atoms with Crippen LogP contribution >= 0.6 is 0 Å². The van der Waals surface area contributed by atoms with Gasteiger partial charge in [0.1, 0.15) is 29.3 Å². The van der Waals surface area contributed by atoms with Crippen molar-refractivity contribution in [2.45, 2.75) is 76.8 Å². The number of aliphatic hydroxyl groups excluding tert-OH is 1. The van der Waals surface area contributed by atoms with E-state index in [0.717, 1.165) is 6.42 Å². The Labute approximate surface area is 242 Å². The smallest absolute Gasteiger partial charge is 0.339 e. The maximum atomic E-state index is 13.0. The standard InChI is InChI=1S/C32H42O9/c1-21(33)11-9-16-26(40-31(36)22-12-7-6-8-13-22)29-24(19-32(2,3)41-29)15-10-14-23-17-25(38-5)18-27(39-20-37-4)28(23)30(34)35/h6-9,12-13,16-18,21,24,26,29,33H,10-11,14-15,19-20H2,1-5H3,(H,34,35)/b16-9-/t21-,24+,26?,29-/m0/s1. The monoisotopic (exact) mass is 570 g/mol. The van der Waals surface area contributed by atoms with E-state index in [1.54, 1.807) is 49.4 Å². The van der Waals surface area contributed by atoms with Gasteiger partial charge >= 0.3 is 11.9 Å². The van der Waals surface area contributed by atoms with Gasteiger partial charge in [0.2, 0.25) is 0 Å². The molecule has 3 rings (SSSR count). The highest BCUT2D eigenvalue weighted by atomic mass is 16.7. The van der Waals surface area contributed by atoms with Crippen molar-refractivity contribution in [2.24, 2.45) is 5.92 Å². The summed E-state index contributed by atoms with van der Waals surface area (Å²) >= 11 is 0. The number of aliphatic hydroxyl groups is 1. The quantitative estimate of drug-likeness (QED) is 0.164. The Kier molecular flexibility index (Phi) is 11.8. The van der Waals surface area contributed by atoms with Gasteiger partial charge in [0.05, 0.1) is 24.4 Å². The normalized spacial score (nSPS) is 19.6. The largest absolute Gasteiger partial charge is 0.497 e. The average molecular weight is 571 g/mol. The van der Waals surface area contributed by atoms with E-state index in [1.807, 2.05) is 26.0 Å². The lowest BCUT2D eigenvalue weighted by Gasteiger charge is -2.27. The predicted octanol–water partition coefficient (Wildman–Crippen LogP) is 5.44. The number of carboxylic acids is 1. The van der Waals surface area contributed by atoms with E-state index >= 15 is 0 Å². The molecule has 2 aromatic rings. The lowest BCUT2D eigenvalue weighted by Crippen LogP contribution is -2.35. The van der Waals surface area contributed by atoms with E-state index in [1.165, 1.54) is 14.2 Å². The second-order valence-corrected chi connectivity index (χ2v) is 11.0. The molecular weight excluding hydrogens is 528 g/mol. The van der Waals surface area contributed by atoms with Crippen molar-refractivity contribution >= 4 is 11.9 Å². The molecule has 1 unspecified atom stereocenters. The minimum absolute atomic E-state index is 0.0397. The predicted molar refractivity (Wildman–Crippen MR) is 154 cm³/mol. The lowest BCUT2D eigenvalue weighted by molar-refractivity contribution is -0.0731. The van der Waals surface area contributed by atoms with Gasteiger partial charge in [-0.25, -0.2) is 9.59 Å². The number of benzene rings is 2. The Morgan fingerprint density at radius 2 is 1.90 bits per heavy atom. The molecule has 2 aromatic carbocycles. The number of hydrogen-bond acceptors (Lipinski definition) is 8. The summed E-state index contributed by atoms with van der Waals surface area (Å²) in [6, 6.07) is 12.1. The molecule has 1 heterocycles. The van der Waals surface area contributed by atoms with Crippen molar-refractivity contribution in [1.82, 2.24) is 0 Å². The number of aryl methyl sites for hydroxylation is 1. The van der Waals surface area contributed by atoms with E-state index in [2.05, 4.69) is 0 Å². The number of carbonyl (C=O) groups excluding carboxylic acids is 1. The third-order valence-electron chi connectivity index (χ3n) is 7.01. The Morgan fingerprint density at radius 3 is 2.54 bits per heavy atom. The van der Waals surface area contributed by atoms with Crippen LogP contribution in [0.3, 0.4) is 0 Å². The molecule has 1 aliphatic rings. The zero-order valence-corrected chi connectivity index (χ0v) is 24.5. The number of rotatable bonds is 15. The first-order valence-corrected chi connectivity index (χ1v) is 13.9. The molecule has 9 heteroatoms. The molecule has 0 radical (unpaired) electrons. The third kappa shape index (κ3) is 9.31. The lowest BCUT2D eigenvalue weighted by atomic mass is 9.86. The number of methoxy groups -OCH3 is 2. The van der Waals surface area contributed by atoms with E-state index in [0.29, 0.717) is 42.6 Å². The van der Waals surface area contributed by atoms with Crippen LogP contribution < -0.4 is 9.47 Å². The molecule has 41 heavy (non-hydrogen) atoms. The third-order valence-corrected chi connectivity index (χ3v) is 7.01. The van der Waals surface area contributed by atoms with Gasteiger partial charge in [-0.3, -0.25) is 0 Å². The highest BCUT2D eigenvalue weighted by Gasteiger charge is 2.44. The molecular formula is C32H42O9. The van der Waals surface area contributed by atoms with Crippen molar-refractivity contribution < 1.29 is 43.5 Å². The Morgan fingerprint density at radius 1 is 1.17 bits per heavy atom. The van der Waals surface area contributed by atoms with Gasteiger partial charge in [-0.15, -0.1) is 0 Å². The van der Waals surface area contributed by atoms with Crippen LogP contribution in [0.2, 0.25) is 0 Å². The summed E-state index contributed by atoms with van der Waals surface area (Å²) < 4.78 is 28.3. The van der Waals surface area contributed by atoms with Crippen LogP contribution in [-0.4, -0.2) is 67.1 Å². The Hall–Kier alpha value is -3.40. The van der Waals surface area contributed by atoms with Crippen LogP contribution in [0.25, 0.3) is 0 Å². The molecule has 0 bridgehead atoms. The molecule has 0 amide bonds. The number of ether oxygens (including phenoxy) is 5.